The van der Waals surface area contributed by atoms with Crippen molar-refractivity contribution in [2.75, 3.05) is 23.7 Å². The topological polar surface area (TPSA) is 79.5 Å². The number of hydrogen-bond acceptors (Lipinski definition) is 4. The quantitative estimate of drug-likeness (QED) is 0.875. The summed E-state index contributed by atoms with van der Waals surface area (Å²) in [6.45, 7) is 1.94. The van der Waals surface area contributed by atoms with Crippen LogP contribution in [0.5, 0.6) is 0 Å². The number of nitrogens with zero attached hydrogens (tertiary/aromatic N) is 2. The molecule has 21 heavy (non-hydrogen) atoms. The third-order valence-corrected chi connectivity index (χ3v) is 5.21. The molecule has 1 aromatic rings. The van der Waals surface area contributed by atoms with Gasteiger partial charge < -0.3 is 15.7 Å². The molecule has 2 aliphatic rings. The zero-order valence-corrected chi connectivity index (χ0v) is 12.3. The number of pyridine rings is 1. The van der Waals surface area contributed by atoms with Gasteiger partial charge in [-0.05, 0) is 37.2 Å². The van der Waals surface area contributed by atoms with Gasteiger partial charge in [0.05, 0.1) is 17.4 Å². The van der Waals surface area contributed by atoms with Crippen molar-refractivity contribution in [2.24, 2.45) is 5.41 Å². The maximum atomic E-state index is 11.2. The van der Waals surface area contributed by atoms with Crippen molar-refractivity contribution in [2.45, 2.75) is 44.9 Å². The number of hydrogen-bond donors (Lipinski definition) is 2. The number of aromatic nitrogens is 1. The van der Waals surface area contributed by atoms with Gasteiger partial charge in [-0.1, -0.05) is 19.3 Å². The molecule has 1 aliphatic carbocycles. The largest absolute Gasteiger partial charge is 0.478 e. The van der Waals surface area contributed by atoms with E-state index >= 15 is 0 Å². The Bertz CT molecular complexity index is 528. The molecule has 0 bridgehead atoms. The Kier molecular flexibility index (Phi) is 3.74. The minimum absolute atomic E-state index is 0.151. The van der Waals surface area contributed by atoms with Gasteiger partial charge in [0, 0.05) is 13.1 Å². The van der Waals surface area contributed by atoms with Crippen LogP contribution in [0.2, 0.25) is 0 Å². The summed E-state index contributed by atoms with van der Waals surface area (Å²) in [4.78, 5) is 17.7. The van der Waals surface area contributed by atoms with E-state index in [1.807, 2.05) is 0 Å². The summed E-state index contributed by atoms with van der Waals surface area (Å²) in [5, 5.41) is 9.16. The van der Waals surface area contributed by atoms with Gasteiger partial charge in [-0.3, -0.25) is 0 Å². The Balaban J connectivity index is 1.72. The fraction of sp³-hybridized carbons (Fsp3) is 0.625. The monoisotopic (exact) mass is 289 g/mol. The molecule has 1 spiro atoms. The van der Waals surface area contributed by atoms with Gasteiger partial charge in [-0.15, -0.1) is 0 Å². The van der Waals surface area contributed by atoms with Crippen LogP contribution in [0.4, 0.5) is 11.5 Å². The standard InChI is InChI=1S/C16H23N3O2/c17-13-11-18-14(10-12(13)15(20)21)19-8-6-16(7-9-19)4-2-1-3-5-16/h10-11H,1-9,17H2,(H,20,21). The first-order valence-electron chi connectivity index (χ1n) is 7.83. The van der Waals surface area contributed by atoms with E-state index in [-0.39, 0.29) is 11.3 Å². The third-order valence-electron chi connectivity index (χ3n) is 5.21. The molecule has 0 radical (unpaired) electrons. The van der Waals surface area contributed by atoms with Crippen molar-refractivity contribution in [3.05, 3.63) is 17.8 Å². The van der Waals surface area contributed by atoms with E-state index in [4.69, 9.17) is 10.8 Å². The summed E-state index contributed by atoms with van der Waals surface area (Å²) < 4.78 is 0. The molecule has 3 rings (SSSR count). The lowest BCUT2D eigenvalue weighted by atomic mass is 9.68. The molecule has 0 aromatic carbocycles. The molecule has 5 nitrogen and oxygen atoms in total. The lowest BCUT2D eigenvalue weighted by Gasteiger charge is -2.44. The Morgan fingerprint density at radius 3 is 2.48 bits per heavy atom. The fourth-order valence-corrected chi connectivity index (χ4v) is 3.83. The molecule has 0 unspecified atom stereocenters. The number of carboxylic acids is 1. The van der Waals surface area contributed by atoms with Gasteiger partial charge in [0.25, 0.3) is 0 Å². The highest BCUT2D eigenvalue weighted by molar-refractivity contribution is 5.94. The summed E-state index contributed by atoms with van der Waals surface area (Å²) in [7, 11) is 0. The summed E-state index contributed by atoms with van der Waals surface area (Å²) in [5.41, 5.74) is 6.59. The zero-order valence-electron chi connectivity index (χ0n) is 12.3. The predicted octanol–water partition coefficient (Wildman–Crippen LogP) is 2.91. The number of carbonyl (C=O) groups is 1. The normalized spacial score (nSPS) is 21.4. The molecule has 1 saturated carbocycles. The number of piperidine rings is 1. The van der Waals surface area contributed by atoms with Crippen LogP contribution in [0, 0.1) is 5.41 Å². The van der Waals surface area contributed by atoms with E-state index < -0.39 is 5.97 Å². The SMILES string of the molecule is Nc1cnc(N2CCC3(CCCCC3)CC2)cc1C(=O)O. The van der Waals surface area contributed by atoms with Crippen molar-refractivity contribution in [1.82, 2.24) is 4.98 Å². The van der Waals surface area contributed by atoms with Crippen molar-refractivity contribution < 1.29 is 9.90 Å². The second-order valence-corrected chi connectivity index (χ2v) is 6.48. The minimum atomic E-state index is -0.989. The lowest BCUT2D eigenvalue weighted by Crippen LogP contribution is -2.41. The maximum absolute atomic E-state index is 11.2. The number of rotatable bonds is 2. The van der Waals surface area contributed by atoms with Crippen LogP contribution in [0.3, 0.4) is 0 Å². The van der Waals surface area contributed by atoms with Crippen LogP contribution >= 0.6 is 0 Å². The van der Waals surface area contributed by atoms with Crippen molar-refractivity contribution in [3.8, 4) is 0 Å². The fourth-order valence-electron chi connectivity index (χ4n) is 3.83. The van der Waals surface area contributed by atoms with Gasteiger partial charge >= 0.3 is 5.97 Å². The molecule has 5 heteroatoms. The first-order chi connectivity index (χ1) is 10.1. The van der Waals surface area contributed by atoms with Crippen LogP contribution in [-0.2, 0) is 0 Å². The highest BCUT2D eigenvalue weighted by atomic mass is 16.4. The molecular weight excluding hydrogens is 266 g/mol. The van der Waals surface area contributed by atoms with Crippen molar-refractivity contribution in [1.29, 1.82) is 0 Å². The molecule has 1 aromatic heterocycles. The Morgan fingerprint density at radius 1 is 1.19 bits per heavy atom. The Hall–Kier alpha value is -1.78. The number of aromatic carboxylic acids is 1. The van der Waals surface area contributed by atoms with Gasteiger partial charge in [0.1, 0.15) is 5.82 Å². The Morgan fingerprint density at radius 2 is 1.86 bits per heavy atom. The maximum Gasteiger partial charge on any atom is 0.337 e. The van der Waals surface area contributed by atoms with Crippen LogP contribution in [-0.4, -0.2) is 29.1 Å². The summed E-state index contributed by atoms with van der Waals surface area (Å²) >= 11 is 0. The van der Waals surface area contributed by atoms with Gasteiger partial charge in [0.2, 0.25) is 0 Å². The average Bonchev–Trinajstić information content (AvgIpc) is 2.49. The van der Waals surface area contributed by atoms with Crippen molar-refractivity contribution >= 4 is 17.5 Å². The van der Waals surface area contributed by atoms with E-state index in [1.165, 1.54) is 51.1 Å². The average molecular weight is 289 g/mol. The highest BCUT2D eigenvalue weighted by Crippen LogP contribution is 2.45. The van der Waals surface area contributed by atoms with Gasteiger partial charge in [0.15, 0.2) is 0 Å². The number of nitrogen functional groups attached to an aromatic ring is 1. The molecular formula is C16H23N3O2. The predicted molar refractivity (Wildman–Crippen MR) is 82.6 cm³/mol. The first-order valence-corrected chi connectivity index (χ1v) is 7.83. The smallest absolute Gasteiger partial charge is 0.337 e. The summed E-state index contributed by atoms with van der Waals surface area (Å²) in [6, 6.07) is 1.61. The van der Waals surface area contributed by atoms with E-state index in [1.54, 1.807) is 6.07 Å². The van der Waals surface area contributed by atoms with E-state index in [0.717, 1.165) is 18.9 Å². The van der Waals surface area contributed by atoms with Crippen LogP contribution in [0.15, 0.2) is 12.3 Å². The molecule has 2 heterocycles. The summed E-state index contributed by atoms with van der Waals surface area (Å²) in [6.07, 6.45) is 10.7. The second kappa shape index (κ2) is 5.54. The Labute approximate surface area is 125 Å². The van der Waals surface area contributed by atoms with Crippen molar-refractivity contribution in [3.63, 3.8) is 0 Å². The third kappa shape index (κ3) is 2.82. The van der Waals surface area contributed by atoms with E-state index in [0.29, 0.717) is 5.41 Å². The molecule has 2 fully saturated rings. The first kappa shape index (κ1) is 14.2. The summed E-state index contributed by atoms with van der Waals surface area (Å²) in [5.74, 6) is -0.246. The number of nitrogens with two attached hydrogens (primary N) is 1. The number of anilines is 2. The van der Waals surface area contributed by atoms with Crippen LogP contribution in [0.25, 0.3) is 0 Å². The van der Waals surface area contributed by atoms with E-state index in [9.17, 15) is 4.79 Å². The second-order valence-electron chi connectivity index (χ2n) is 6.48. The molecule has 1 aliphatic heterocycles. The lowest BCUT2D eigenvalue weighted by molar-refractivity contribution is 0.0698. The van der Waals surface area contributed by atoms with Gasteiger partial charge in [-0.25, -0.2) is 9.78 Å². The molecule has 114 valence electrons. The zero-order chi connectivity index (χ0) is 14.9. The molecule has 3 N–H and O–H groups in total. The molecule has 1 saturated heterocycles. The number of carboxylic acid groups (broad SMARTS) is 1. The van der Waals surface area contributed by atoms with E-state index in [2.05, 4.69) is 9.88 Å². The molecule has 0 atom stereocenters. The van der Waals surface area contributed by atoms with Crippen LogP contribution in [0.1, 0.15) is 55.3 Å². The molecule has 0 amide bonds. The minimum Gasteiger partial charge on any atom is -0.478 e. The highest BCUT2D eigenvalue weighted by Gasteiger charge is 2.35. The van der Waals surface area contributed by atoms with Crippen LogP contribution < -0.4 is 10.6 Å². The van der Waals surface area contributed by atoms with Gasteiger partial charge in [-0.2, -0.15) is 0 Å².